The van der Waals surface area contributed by atoms with Crippen LogP contribution in [0.15, 0.2) is 0 Å². The van der Waals surface area contributed by atoms with Crippen molar-refractivity contribution in [3.05, 3.63) is 0 Å². The first-order valence-corrected chi connectivity index (χ1v) is 9.94. The third-order valence-electron chi connectivity index (χ3n) is 2.15. The van der Waals surface area contributed by atoms with E-state index in [4.69, 9.17) is 11.1 Å². The van der Waals surface area contributed by atoms with Crippen LogP contribution in [0.1, 0.15) is 0 Å². The Morgan fingerprint density at radius 2 is 1.78 bits per heavy atom. The van der Waals surface area contributed by atoms with E-state index in [0.717, 1.165) is 0 Å². The highest BCUT2D eigenvalue weighted by molar-refractivity contribution is 7.20. The van der Waals surface area contributed by atoms with Crippen LogP contribution in [0.3, 0.4) is 0 Å². The highest BCUT2D eigenvalue weighted by Gasteiger charge is 2.29. The van der Waals surface area contributed by atoms with E-state index in [2.05, 4.69) is 13.1 Å². The second kappa shape index (κ2) is 2.76. The average molecular weight is 178 g/mol. The van der Waals surface area contributed by atoms with Crippen LogP contribution in [-0.2, 0) is 0 Å². The largest absolute Gasteiger partial charge is 0.167 e. The predicted octanol–water partition coefficient (Wildman–Crippen LogP) is 2.94. The highest BCUT2D eigenvalue weighted by atomic mass is 35.6. The first-order chi connectivity index (χ1) is 4.10. The molecular formula is C6H14ClSi2. The zero-order chi connectivity index (χ0) is 6.91. The minimum Gasteiger partial charge on any atom is -0.167 e. The lowest BCUT2D eigenvalue weighted by Gasteiger charge is -2.27. The van der Waals surface area contributed by atoms with Crippen LogP contribution in [0.5, 0.6) is 0 Å². The second-order valence-electron chi connectivity index (χ2n) is 3.37. The van der Waals surface area contributed by atoms with E-state index in [-0.39, 0.29) is 8.80 Å². The number of rotatable bonds is 0. The molecule has 0 saturated carbocycles. The van der Waals surface area contributed by atoms with Crippen molar-refractivity contribution in [1.29, 1.82) is 0 Å². The van der Waals surface area contributed by atoms with Crippen molar-refractivity contribution >= 4 is 27.3 Å². The van der Waals surface area contributed by atoms with Crippen molar-refractivity contribution in [2.45, 2.75) is 37.3 Å². The number of hydrogen-bond donors (Lipinski definition) is 0. The zero-order valence-electron chi connectivity index (χ0n) is 6.21. The molecule has 0 bridgehead atoms. The Kier molecular flexibility index (Phi) is 2.40. The molecule has 0 amide bonds. The van der Waals surface area contributed by atoms with Crippen LogP contribution in [0.25, 0.3) is 0 Å². The molecule has 53 valence electrons. The Hall–Kier alpha value is 0.724. The van der Waals surface area contributed by atoms with E-state index in [1.165, 1.54) is 24.2 Å². The predicted molar refractivity (Wildman–Crippen MR) is 48.3 cm³/mol. The van der Waals surface area contributed by atoms with Crippen molar-refractivity contribution in [2.24, 2.45) is 0 Å². The molecule has 1 rings (SSSR count). The van der Waals surface area contributed by atoms with Crippen molar-refractivity contribution in [2.75, 3.05) is 0 Å². The molecule has 0 aromatic rings. The van der Waals surface area contributed by atoms with Gasteiger partial charge in [-0.25, -0.2) is 0 Å². The van der Waals surface area contributed by atoms with Gasteiger partial charge in [-0.3, -0.25) is 0 Å². The normalized spacial score (nSPS) is 28.3. The molecule has 1 saturated heterocycles. The quantitative estimate of drug-likeness (QED) is 0.395. The van der Waals surface area contributed by atoms with Crippen LogP contribution < -0.4 is 0 Å². The van der Waals surface area contributed by atoms with Crippen molar-refractivity contribution < 1.29 is 0 Å². The summed E-state index contributed by atoms with van der Waals surface area (Å²) in [6.07, 6.45) is 0. The van der Waals surface area contributed by atoms with Gasteiger partial charge in [-0.2, -0.15) is 11.1 Å². The Labute approximate surface area is 64.9 Å². The van der Waals surface area contributed by atoms with Crippen LogP contribution in [0, 0.1) is 0 Å². The third-order valence-corrected chi connectivity index (χ3v) is 9.07. The molecule has 9 heavy (non-hydrogen) atoms. The van der Waals surface area contributed by atoms with Crippen molar-refractivity contribution in [3.8, 4) is 0 Å². The maximum absolute atomic E-state index is 6.29. The summed E-state index contributed by atoms with van der Waals surface area (Å²) in [5.41, 5.74) is 0. The van der Waals surface area contributed by atoms with Crippen molar-refractivity contribution in [1.82, 2.24) is 0 Å². The van der Waals surface area contributed by atoms with Gasteiger partial charge in [0, 0.05) is 8.80 Å². The van der Waals surface area contributed by atoms with Crippen LogP contribution >= 0.6 is 11.1 Å². The van der Waals surface area contributed by atoms with Crippen LogP contribution in [0.2, 0.25) is 37.3 Å². The molecule has 1 fully saturated rings. The molecule has 1 aliphatic heterocycles. The van der Waals surface area contributed by atoms with Gasteiger partial charge in [0.1, 0.15) is 0 Å². The van der Waals surface area contributed by atoms with E-state index < -0.39 is 7.38 Å². The molecule has 0 aliphatic carbocycles. The first-order valence-electron chi connectivity index (χ1n) is 3.60. The van der Waals surface area contributed by atoms with Gasteiger partial charge in [0.05, 0.1) is 0 Å². The fourth-order valence-electron chi connectivity index (χ4n) is 1.20. The molecule has 1 radical (unpaired) electrons. The zero-order valence-corrected chi connectivity index (χ0v) is 8.96. The smallest absolute Gasteiger partial charge is 0.152 e. The first kappa shape index (κ1) is 7.83. The minimum atomic E-state index is -1.13. The maximum Gasteiger partial charge on any atom is 0.152 e. The Morgan fingerprint density at radius 3 is 2.11 bits per heavy atom. The molecule has 0 atom stereocenters. The lowest BCUT2D eigenvalue weighted by molar-refractivity contribution is 1.17. The molecule has 3 heteroatoms. The Morgan fingerprint density at radius 1 is 1.33 bits per heavy atom. The summed E-state index contributed by atoms with van der Waals surface area (Å²) in [6, 6.07) is 5.74. The number of hydrogen-bond acceptors (Lipinski definition) is 0. The molecule has 0 nitrogen and oxygen atoms in total. The molecule has 0 aromatic heterocycles. The van der Waals surface area contributed by atoms with E-state index in [1.54, 1.807) is 0 Å². The van der Waals surface area contributed by atoms with Gasteiger partial charge < -0.3 is 0 Å². The van der Waals surface area contributed by atoms with Crippen LogP contribution in [0.4, 0.5) is 0 Å². The van der Waals surface area contributed by atoms with E-state index in [0.29, 0.717) is 0 Å². The standard InChI is InChI=1S/C6H14ClSi2/c1-8-3-5-9(2,7)6-4-8/h3-6H2,1-2H3. The van der Waals surface area contributed by atoms with Gasteiger partial charge in [0.15, 0.2) is 7.38 Å². The van der Waals surface area contributed by atoms with E-state index in [1.807, 2.05) is 0 Å². The SMILES string of the molecule is C[Si]1CC[Si](C)(Cl)CC1. The van der Waals surface area contributed by atoms with E-state index >= 15 is 0 Å². The average Bonchev–Trinajstić information content (AvgIpc) is 1.78. The van der Waals surface area contributed by atoms with Gasteiger partial charge >= 0.3 is 0 Å². The summed E-state index contributed by atoms with van der Waals surface area (Å²) < 4.78 is 0. The van der Waals surface area contributed by atoms with Gasteiger partial charge in [0.2, 0.25) is 0 Å². The lowest BCUT2D eigenvalue weighted by atomic mass is 10.9. The van der Waals surface area contributed by atoms with Gasteiger partial charge in [-0.05, 0) is 12.1 Å². The molecule has 0 aromatic carbocycles. The second-order valence-corrected chi connectivity index (χ2v) is 12.8. The Bertz CT molecular complexity index is 93.2. The molecule has 0 unspecified atom stereocenters. The summed E-state index contributed by atoms with van der Waals surface area (Å²) in [5.74, 6) is 0. The summed E-state index contributed by atoms with van der Waals surface area (Å²) in [5, 5.41) is 0. The molecule has 0 N–H and O–H groups in total. The minimum absolute atomic E-state index is 0.0869. The van der Waals surface area contributed by atoms with Gasteiger partial charge in [0.25, 0.3) is 0 Å². The fraction of sp³-hybridized carbons (Fsp3) is 1.00. The maximum atomic E-state index is 6.29. The molecule has 1 aliphatic rings. The lowest BCUT2D eigenvalue weighted by Crippen LogP contribution is -2.30. The summed E-state index contributed by atoms with van der Waals surface area (Å²) >= 11 is 6.29. The summed E-state index contributed by atoms with van der Waals surface area (Å²) in [7, 11) is -1.05. The number of halogens is 1. The van der Waals surface area contributed by atoms with Gasteiger partial charge in [-0.1, -0.05) is 25.2 Å². The Balaban J connectivity index is 2.35. The molecule has 1 heterocycles. The van der Waals surface area contributed by atoms with E-state index in [9.17, 15) is 0 Å². The van der Waals surface area contributed by atoms with Gasteiger partial charge in [-0.15, -0.1) is 0 Å². The summed E-state index contributed by atoms with van der Waals surface area (Å²) in [6.45, 7) is 4.74. The van der Waals surface area contributed by atoms with Crippen LogP contribution in [-0.4, -0.2) is 16.2 Å². The monoisotopic (exact) mass is 177 g/mol. The summed E-state index contributed by atoms with van der Waals surface area (Å²) in [4.78, 5) is 0. The topological polar surface area (TPSA) is 0 Å². The van der Waals surface area contributed by atoms with Crippen molar-refractivity contribution in [3.63, 3.8) is 0 Å². The highest BCUT2D eigenvalue weighted by Crippen LogP contribution is 2.31. The molecule has 0 spiro atoms. The fourth-order valence-corrected chi connectivity index (χ4v) is 11.0. The third kappa shape index (κ3) is 2.44. The molecular weight excluding hydrogens is 164 g/mol.